The highest BCUT2D eigenvalue weighted by Gasteiger charge is 2.21. The van der Waals surface area contributed by atoms with Crippen molar-refractivity contribution in [1.29, 1.82) is 5.26 Å². The molecule has 1 aromatic rings. The number of nitrogens with zero attached hydrogens (tertiary/aromatic N) is 1. The normalized spacial score (nSPS) is 11.3. The molecular weight excluding hydrogens is 256 g/mol. The molecule has 1 rings (SSSR count). The van der Waals surface area contributed by atoms with Gasteiger partial charge in [-0.15, -0.1) is 0 Å². The second-order valence-electron chi connectivity index (χ2n) is 3.54. The molecule has 18 heavy (non-hydrogen) atoms. The SMILES string of the molecule is N#CCC[C@H](NC(=O)c1ccccc1Cl)C(=O)O. The van der Waals surface area contributed by atoms with Gasteiger partial charge in [0.05, 0.1) is 16.7 Å². The Hall–Kier alpha value is -2.06. The number of hydrogen-bond acceptors (Lipinski definition) is 3. The van der Waals surface area contributed by atoms with Gasteiger partial charge in [0, 0.05) is 6.42 Å². The van der Waals surface area contributed by atoms with E-state index in [1.54, 1.807) is 18.2 Å². The Kier molecular flexibility index (Phi) is 5.15. The molecule has 0 radical (unpaired) electrons. The number of nitrogens with one attached hydrogen (secondary N) is 1. The lowest BCUT2D eigenvalue weighted by Crippen LogP contribution is -2.40. The number of nitriles is 1. The van der Waals surface area contributed by atoms with Crippen molar-refractivity contribution in [3.05, 3.63) is 34.9 Å². The van der Waals surface area contributed by atoms with E-state index in [0.717, 1.165) is 0 Å². The molecule has 0 aliphatic carbocycles. The Morgan fingerprint density at radius 2 is 2.11 bits per heavy atom. The molecule has 0 aliphatic heterocycles. The molecule has 0 unspecified atom stereocenters. The average molecular weight is 267 g/mol. The van der Waals surface area contributed by atoms with Gasteiger partial charge in [0.15, 0.2) is 0 Å². The number of carbonyl (C=O) groups excluding carboxylic acids is 1. The highest BCUT2D eigenvalue weighted by atomic mass is 35.5. The minimum Gasteiger partial charge on any atom is -0.480 e. The summed E-state index contributed by atoms with van der Waals surface area (Å²) >= 11 is 5.83. The summed E-state index contributed by atoms with van der Waals surface area (Å²) in [5, 5.41) is 19.9. The summed E-state index contributed by atoms with van der Waals surface area (Å²) in [6.45, 7) is 0. The minimum absolute atomic E-state index is 0.0553. The average Bonchev–Trinajstić information content (AvgIpc) is 2.34. The molecule has 0 saturated carbocycles. The summed E-state index contributed by atoms with van der Waals surface area (Å²) in [7, 11) is 0. The van der Waals surface area contributed by atoms with Crippen molar-refractivity contribution in [3.8, 4) is 6.07 Å². The lowest BCUT2D eigenvalue weighted by atomic mass is 10.1. The van der Waals surface area contributed by atoms with Gasteiger partial charge in [-0.1, -0.05) is 23.7 Å². The van der Waals surface area contributed by atoms with E-state index in [1.165, 1.54) is 6.07 Å². The number of amides is 1. The Bertz CT molecular complexity index is 496. The number of carboxylic acids is 1. The lowest BCUT2D eigenvalue weighted by Gasteiger charge is -2.13. The van der Waals surface area contributed by atoms with E-state index in [9.17, 15) is 9.59 Å². The fourth-order valence-electron chi connectivity index (χ4n) is 1.35. The van der Waals surface area contributed by atoms with E-state index >= 15 is 0 Å². The van der Waals surface area contributed by atoms with Crippen molar-refractivity contribution in [2.75, 3.05) is 0 Å². The van der Waals surface area contributed by atoms with E-state index in [4.69, 9.17) is 22.0 Å². The maximum Gasteiger partial charge on any atom is 0.326 e. The van der Waals surface area contributed by atoms with E-state index in [1.807, 2.05) is 6.07 Å². The van der Waals surface area contributed by atoms with Crippen LogP contribution in [0.25, 0.3) is 0 Å². The molecule has 0 aromatic heterocycles. The van der Waals surface area contributed by atoms with Gasteiger partial charge in [0.1, 0.15) is 6.04 Å². The summed E-state index contributed by atoms with van der Waals surface area (Å²) in [6, 6.07) is 7.09. The van der Waals surface area contributed by atoms with Gasteiger partial charge in [0.25, 0.3) is 5.91 Å². The molecule has 0 bridgehead atoms. The molecule has 94 valence electrons. The first-order valence-electron chi connectivity index (χ1n) is 5.21. The number of hydrogen-bond donors (Lipinski definition) is 2. The van der Waals surface area contributed by atoms with E-state index in [2.05, 4.69) is 5.32 Å². The van der Waals surface area contributed by atoms with Crippen LogP contribution in [0.2, 0.25) is 5.02 Å². The van der Waals surface area contributed by atoms with Crippen LogP contribution >= 0.6 is 11.6 Å². The maximum absolute atomic E-state index is 11.8. The molecule has 0 spiro atoms. The lowest BCUT2D eigenvalue weighted by molar-refractivity contribution is -0.139. The zero-order valence-electron chi connectivity index (χ0n) is 9.39. The van der Waals surface area contributed by atoms with E-state index in [0.29, 0.717) is 0 Å². The first-order valence-corrected chi connectivity index (χ1v) is 5.59. The summed E-state index contributed by atoms with van der Waals surface area (Å²) in [4.78, 5) is 22.7. The first-order chi connectivity index (χ1) is 8.56. The monoisotopic (exact) mass is 266 g/mol. The Labute approximate surface area is 109 Å². The molecule has 1 atom stereocenters. The molecule has 0 aliphatic rings. The van der Waals surface area contributed by atoms with Crippen LogP contribution in [0.1, 0.15) is 23.2 Å². The zero-order valence-corrected chi connectivity index (χ0v) is 10.1. The Balaban J connectivity index is 2.76. The molecule has 1 amide bonds. The number of rotatable bonds is 5. The summed E-state index contributed by atoms with van der Waals surface area (Å²) < 4.78 is 0. The molecule has 6 heteroatoms. The van der Waals surface area contributed by atoms with Gasteiger partial charge in [0.2, 0.25) is 0 Å². The van der Waals surface area contributed by atoms with Gasteiger partial charge < -0.3 is 10.4 Å². The number of halogens is 1. The van der Waals surface area contributed by atoms with Gasteiger partial charge in [-0.05, 0) is 18.6 Å². The number of carboxylic acid groups (broad SMARTS) is 1. The molecule has 0 saturated heterocycles. The Morgan fingerprint density at radius 3 is 2.67 bits per heavy atom. The predicted molar refractivity (Wildman–Crippen MR) is 65.2 cm³/mol. The van der Waals surface area contributed by atoms with Crippen LogP contribution in [-0.2, 0) is 4.79 Å². The van der Waals surface area contributed by atoms with Crippen LogP contribution in [0.4, 0.5) is 0 Å². The van der Waals surface area contributed by atoms with Crippen molar-refractivity contribution < 1.29 is 14.7 Å². The second-order valence-corrected chi connectivity index (χ2v) is 3.95. The van der Waals surface area contributed by atoms with Crippen molar-refractivity contribution in [2.24, 2.45) is 0 Å². The molecule has 5 nitrogen and oxygen atoms in total. The first kappa shape index (κ1) is 14.0. The second kappa shape index (κ2) is 6.62. The van der Waals surface area contributed by atoms with Crippen molar-refractivity contribution in [1.82, 2.24) is 5.32 Å². The number of carbonyl (C=O) groups is 2. The van der Waals surface area contributed by atoms with Crippen molar-refractivity contribution >= 4 is 23.5 Å². The Morgan fingerprint density at radius 1 is 1.44 bits per heavy atom. The third-order valence-corrected chi connectivity index (χ3v) is 2.60. The third kappa shape index (κ3) is 3.75. The van der Waals surface area contributed by atoms with Gasteiger partial charge in [-0.2, -0.15) is 5.26 Å². The number of aliphatic carboxylic acids is 1. The predicted octanol–water partition coefficient (Wildman–Crippen LogP) is 1.83. The van der Waals surface area contributed by atoms with Gasteiger partial charge >= 0.3 is 5.97 Å². The van der Waals surface area contributed by atoms with Crippen molar-refractivity contribution in [2.45, 2.75) is 18.9 Å². The highest BCUT2D eigenvalue weighted by Crippen LogP contribution is 2.15. The van der Waals surface area contributed by atoms with Crippen LogP contribution in [0, 0.1) is 11.3 Å². The van der Waals surface area contributed by atoms with Crippen LogP contribution in [0.15, 0.2) is 24.3 Å². The molecule has 2 N–H and O–H groups in total. The fourth-order valence-corrected chi connectivity index (χ4v) is 1.57. The van der Waals surface area contributed by atoms with Gasteiger partial charge in [-0.25, -0.2) is 4.79 Å². The zero-order chi connectivity index (χ0) is 13.5. The summed E-state index contributed by atoms with van der Waals surface area (Å²) in [6.07, 6.45) is 0.113. The third-order valence-electron chi connectivity index (χ3n) is 2.27. The van der Waals surface area contributed by atoms with E-state index in [-0.39, 0.29) is 23.4 Å². The van der Waals surface area contributed by atoms with E-state index < -0.39 is 17.9 Å². The maximum atomic E-state index is 11.8. The molecule has 0 fully saturated rings. The summed E-state index contributed by atoms with van der Waals surface area (Å²) in [5.41, 5.74) is 0.211. The molecule has 1 aromatic carbocycles. The van der Waals surface area contributed by atoms with Crippen LogP contribution < -0.4 is 5.32 Å². The highest BCUT2D eigenvalue weighted by molar-refractivity contribution is 6.33. The standard InChI is InChI=1S/C12H11ClN2O3/c13-9-5-2-1-4-8(9)11(16)15-10(12(17)18)6-3-7-14/h1-2,4-5,10H,3,6H2,(H,15,16)(H,17,18)/t10-/m0/s1. The smallest absolute Gasteiger partial charge is 0.326 e. The fraction of sp³-hybridized carbons (Fsp3) is 0.250. The number of benzene rings is 1. The topological polar surface area (TPSA) is 90.2 Å². The van der Waals surface area contributed by atoms with Crippen LogP contribution in [-0.4, -0.2) is 23.0 Å². The van der Waals surface area contributed by atoms with Crippen molar-refractivity contribution in [3.63, 3.8) is 0 Å². The molecule has 0 heterocycles. The molecular formula is C12H11ClN2O3. The quantitative estimate of drug-likeness (QED) is 0.851. The summed E-state index contributed by atoms with van der Waals surface area (Å²) in [5.74, 6) is -1.74. The largest absolute Gasteiger partial charge is 0.480 e. The van der Waals surface area contributed by atoms with Gasteiger partial charge in [-0.3, -0.25) is 4.79 Å². The minimum atomic E-state index is -1.18. The van der Waals surface area contributed by atoms with Crippen LogP contribution in [0.5, 0.6) is 0 Å². The van der Waals surface area contributed by atoms with Crippen LogP contribution in [0.3, 0.4) is 0 Å².